The molecule has 1 saturated heterocycles. The van der Waals surface area contributed by atoms with Gasteiger partial charge in [0.2, 0.25) is 0 Å². The van der Waals surface area contributed by atoms with E-state index in [9.17, 15) is 5.11 Å². The van der Waals surface area contributed by atoms with Crippen LogP contribution in [-0.2, 0) is 11.2 Å². The molecule has 0 radical (unpaired) electrons. The van der Waals surface area contributed by atoms with Crippen LogP contribution in [0.15, 0.2) is 54.9 Å². The van der Waals surface area contributed by atoms with Crippen LogP contribution in [0.5, 0.6) is 0 Å². The second kappa shape index (κ2) is 8.20. The highest BCUT2D eigenvalue weighted by Crippen LogP contribution is 2.22. The molecule has 0 unspecified atom stereocenters. The third-order valence-corrected chi connectivity index (χ3v) is 4.47. The van der Waals surface area contributed by atoms with Crippen molar-refractivity contribution in [3.8, 4) is 0 Å². The molecule has 4 nitrogen and oxygen atoms in total. The van der Waals surface area contributed by atoms with Gasteiger partial charge in [-0.15, -0.1) is 0 Å². The first-order chi connectivity index (χ1) is 11.3. The molecular weight excluding hydrogens is 288 g/mol. The van der Waals surface area contributed by atoms with Crippen LogP contribution in [0.3, 0.4) is 0 Å². The molecule has 1 N–H and O–H groups in total. The number of hydrogen-bond acceptors (Lipinski definition) is 4. The molecule has 0 saturated carbocycles. The summed E-state index contributed by atoms with van der Waals surface area (Å²) < 4.78 is 5.64. The highest BCUT2D eigenvalue weighted by atomic mass is 16.5. The molecule has 2 atom stereocenters. The Kier molecular flexibility index (Phi) is 5.75. The Morgan fingerprint density at radius 3 is 2.74 bits per heavy atom. The molecule has 2 heterocycles. The van der Waals surface area contributed by atoms with Gasteiger partial charge < -0.3 is 9.84 Å². The van der Waals surface area contributed by atoms with Gasteiger partial charge in [-0.1, -0.05) is 30.3 Å². The van der Waals surface area contributed by atoms with Gasteiger partial charge in [0.05, 0.1) is 19.3 Å². The number of aromatic nitrogens is 1. The second-order valence-corrected chi connectivity index (χ2v) is 6.03. The maximum absolute atomic E-state index is 10.5. The Hall–Kier alpha value is -1.75. The van der Waals surface area contributed by atoms with Crippen molar-refractivity contribution in [1.29, 1.82) is 0 Å². The van der Waals surface area contributed by atoms with Crippen molar-refractivity contribution < 1.29 is 9.84 Å². The number of rotatable bonds is 6. The number of aliphatic hydroxyl groups is 1. The van der Waals surface area contributed by atoms with Crippen molar-refractivity contribution in [2.75, 3.05) is 26.3 Å². The predicted molar refractivity (Wildman–Crippen MR) is 90.1 cm³/mol. The topological polar surface area (TPSA) is 45.6 Å². The van der Waals surface area contributed by atoms with E-state index in [4.69, 9.17) is 4.74 Å². The molecule has 1 aliphatic heterocycles. The summed E-state index contributed by atoms with van der Waals surface area (Å²) >= 11 is 0. The Morgan fingerprint density at radius 1 is 1.17 bits per heavy atom. The van der Waals surface area contributed by atoms with Crippen LogP contribution < -0.4 is 0 Å². The monoisotopic (exact) mass is 312 g/mol. The van der Waals surface area contributed by atoms with Gasteiger partial charge in [0.25, 0.3) is 0 Å². The zero-order valence-electron chi connectivity index (χ0n) is 13.3. The average molecular weight is 312 g/mol. The van der Waals surface area contributed by atoms with Gasteiger partial charge in [-0.25, -0.2) is 0 Å². The van der Waals surface area contributed by atoms with Crippen molar-refractivity contribution in [3.05, 3.63) is 66.0 Å². The lowest BCUT2D eigenvalue weighted by atomic mass is 10.0. The van der Waals surface area contributed by atoms with Crippen molar-refractivity contribution in [2.24, 2.45) is 0 Å². The van der Waals surface area contributed by atoms with Crippen LogP contribution in [0.4, 0.5) is 0 Å². The molecule has 122 valence electrons. The van der Waals surface area contributed by atoms with Crippen LogP contribution >= 0.6 is 0 Å². The number of benzene rings is 1. The van der Waals surface area contributed by atoms with E-state index in [1.807, 2.05) is 42.7 Å². The molecule has 1 aromatic heterocycles. The summed E-state index contributed by atoms with van der Waals surface area (Å²) in [6, 6.07) is 14.3. The van der Waals surface area contributed by atoms with E-state index in [1.165, 1.54) is 5.56 Å². The number of pyridine rings is 1. The number of nitrogens with zero attached hydrogens (tertiary/aromatic N) is 2. The van der Waals surface area contributed by atoms with Gasteiger partial charge in [0, 0.05) is 31.5 Å². The first kappa shape index (κ1) is 16.1. The molecule has 1 aliphatic rings. The molecule has 1 aromatic carbocycles. The van der Waals surface area contributed by atoms with E-state index in [2.05, 4.69) is 22.0 Å². The second-order valence-electron chi connectivity index (χ2n) is 6.03. The van der Waals surface area contributed by atoms with Gasteiger partial charge in [0.1, 0.15) is 0 Å². The Labute approximate surface area is 137 Å². The molecular formula is C19H24N2O2. The van der Waals surface area contributed by atoms with E-state index < -0.39 is 6.10 Å². The number of ether oxygens (including phenoxy) is 1. The molecule has 3 rings (SSSR count). The van der Waals surface area contributed by atoms with E-state index in [0.717, 1.165) is 31.7 Å². The van der Waals surface area contributed by atoms with Gasteiger partial charge in [-0.3, -0.25) is 9.88 Å². The number of morpholine rings is 1. The minimum absolute atomic E-state index is 0.265. The first-order valence-electron chi connectivity index (χ1n) is 8.26. The van der Waals surface area contributed by atoms with Crippen molar-refractivity contribution in [1.82, 2.24) is 9.88 Å². The van der Waals surface area contributed by atoms with E-state index in [0.29, 0.717) is 13.0 Å². The third kappa shape index (κ3) is 4.61. The quantitative estimate of drug-likeness (QED) is 0.890. The average Bonchev–Trinajstić information content (AvgIpc) is 2.62. The highest BCUT2D eigenvalue weighted by Gasteiger charge is 2.25. The first-order valence-corrected chi connectivity index (χ1v) is 8.26. The lowest BCUT2D eigenvalue weighted by Crippen LogP contribution is -2.46. The van der Waals surface area contributed by atoms with Crippen molar-refractivity contribution in [3.63, 3.8) is 0 Å². The summed E-state index contributed by atoms with van der Waals surface area (Å²) in [5.41, 5.74) is 2.28. The summed E-state index contributed by atoms with van der Waals surface area (Å²) in [6.45, 7) is 3.38. The largest absolute Gasteiger partial charge is 0.388 e. The summed E-state index contributed by atoms with van der Waals surface area (Å²) in [5, 5.41) is 10.5. The van der Waals surface area contributed by atoms with Gasteiger partial charge in [0.15, 0.2) is 0 Å². The lowest BCUT2D eigenvalue weighted by molar-refractivity contribution is -0.0255. The summed E-state index contributed by atoms with van der Waals surface area (Å²) in [6.07, 6.45) is 4.95. The third-order valence-electron chi connectivity index (χ3n) is 4.47. The summed E-state index contributed by atoms with van der Waals surface area (Å²) in [4.78, 5) is 6.50. The van der Waals surface area contributed by atoms with Gasteiger partial charge in [-0.05, 0) is 36.1 Å². The minimum atomic E-state index is -0.439. The molecule has 0 amide bonds. The molecule has 0 aliphatic carbocycles. The minimum Gasteiger partial charge on any atom is -0.388 e. The lowest BCUT2D eigenvalue weighted by Gasteiger charge is -2.36. The molecule has 4 heteroatoms. The summed E-state index contributed by atoms with van der Waals surface area (Å²) in [7, 11) is 0. The normalized spacial score (nSPS) is 20.3. The maximum Gasteiger partial charge on any atom is 0.0805 e. The van der Waals surface area contributed by atoms with E-state index >= 15 is 0 Å². The zero-order chi connectivity index (χ0) is 15.9. The van der Waals surface area contributed by atoms with Crippen LogP contribution in [0.1, 0.15) is 23.7 Å². The van der Waals surface area contributed by atoms with Crippen molar-refractivity contribution >= 4 is 0 Å². The Balaban J connectivity index is 1.58. The van der Waals surface area contributed by atoms with Crippen LogP contribution in [-0.4, -0.2) is 47.3 Å². The van der Waals surface area contributed by atoms with Crippen LogP contribution in [0, 0.1) is 0 Å². The van der Waals surface area contributed by atoms with E-state index in [1.54, 1.807) is 0 Å². The Bertz CT molecular complexity index is 576. The number of hydrogen-bond donors (Lipinski definition) is 1. The van der Waals surface area contributed by atoms with Gasteiger partial charge >= 0.3 is 0 Å². The predicted octanol–water partition coefficient (Wildman–Crippen LogP) is 2.45. The Morgan fingerprint density at radius 2 is 1.96 bits per heavy atom. The smallest absolute Gasteiger partial charge is 0.0805 e. The van der Waals surface area contributed by atoms with E-state index in [-0.39, 0.29) is 6.04 Å². The number of aliphatic hydroxyl groups excluding tert-OH is 1. The summed E-state index contributed by atoms with van der Waals surface area (Å²) in [5.74, 6) is 0. The molecule has 2 aromatic rings. The van der Waals surface area contributed by atoms with Crippen molar-refractivity contribution in [2.45, 2.75) is 25.0 Å². The van der Waals surface area contributed by atoms with Gasteiger partial charge in [-0.2, -0.15) is 0 Å². The fourth-order valence-corrected chi connectivity index (χ4v) is 3.09. The molecule has 23 heavy (non-hydrogen) atoms. The highest BCUT2D eigenvalue weighted by molar-refractivity contribution is 5.17. The maximum atomic E-state index is 10.5. The van der Waals surface area contributed by atoms with Crippen LogP contribution in [0.2, 0.25) is 0 Å². The molecule has 0 bridgehead atoms. The van der Waals surface area contributed by atoms with Crippen LogP contribution in [0.25, 0.3) is 0 Å². The fourth-order valence-electron chi connectivity index (χ4n) is 3.09. The zero-order valence-corrected chi connectivity index (χ0v) is 13.3. The molecule has 1 fully saturated rings. The standard InChI is InChI=1S/C19H24N2O2/c22-19(17-4-2-1-3-5-17)14-18-15-23-13-12-21(18)11-8-16-6-9-20-10-7-16/h1-7,9-10,18-19,22H,8,11-15H2/t18-,19+/m0/s1. The SMILES string of the molecule is O[C@H](C[C@H]1COCCN1CCc1ccncc1)c1ccccc1. The molecule has 0 spiro atoms. The fraction of sp³-hybridized carbons (Fsp3) is 0.421.